The molecule has 6 rings (SSSR count). The van der Waals surface area contributed by atoms with Crippen molar-refractivity contribution in [1.82, 2.24) is 0 Å². The fraction of sp³-hybridized carbons (Fsp3) is 0.333. The Bertz CT molecular complexity index is 1470. The van der Waals surface area contributed by atoms with Crippen molar-refractivity contribution in [3.63, 3.8) is 0 Å². The Morgan fingerprint density at radius 1 is 0.220 bits per heavy atom. The molecule has 0 saturated heterocycles. The van der Waals surface area contributed by atoms with Gasteiger partial charge in [0.15, 0.2) is 0 Å². The Hall–Kier alpha value is -1.97. The average molecular weight is 1080 g/mol. The predicted molar refractivity (Wildman–Crippen MR) is 276 cm³/mol. The molecule has 0 aliphatic rings. The molecular weight excluding hydrogens is 1010 g/mol. The van der Waals surface area contributed by atoms with Gasteiger partial charge in [-0.1, -0.05) is 0 Å². The van der Waals surface area contributed by atoms with Crippen LogP contribution in [0, 0.1) is 0 Å². The molecule has 0 aliphatic heterocycles. The van der Waals surface area contributed by atoms with Crippen molar-refractivity contribution in [2.45, 2.75) is 112 Å². The molecule has 6 aromatic rings. The molecule has 0 N–H and O–H groups in total. The van der Waals surface area contributed by atoms with Crippen molar-refractivity contribution in [1.29, 1.82) is 0 Å². The molecule has 0 saturated carbocycles. The topological polar surface area (TPSA) is 0 Å². The maximum absolute atomic E-state index is 2.40. The number of hydrogen-bond acceptors (Lipinski definition) is 0. The van der Waals surface area contributed by atoms with Gasteiger partial charge in [0, 0.05) is 0 Å². The van der Waals surface area contributed by atoms with Crippen LogP contribution in [0.1, 0.15) is 83.1 Å². The minimum absolute atomic E-state index is 0.108. The molecule has 0 atom stereocenters. The van der Waals surface area contributed by atoms with Crippen molar-refractivity contribution in [2.75, 3.05) is 0 Å². The Labute approximate surface area is 391 Å². The molecule has 59 heavy (non-hydrogen) atoms. The summed E-state index contributed by atoms with van der Waals surface area (Å²) >= 11 is -1.77. The summed E-state index contributed by atoms with van der Waals surface area (Å²) in [5.74, 6) is 0. The standard InChI is InChI=1S/3C12H10Ge.2C9H21Ge/c3*1-3-7-11(8-4-1)13-12-9-5-2-6-10-12;2*1-7(2)10(8(3)4)9(5)6/h3*1-10H;2*7-9H,1-6H3. The van der Waals surface area contributed by atoms with Gasteiger partial charge in [-0.15, -0.1) is 0 Å². The molecule has 8 radical (unpaired) electrons. The van der Waals surface area contributed by atoms with Crippen LogP contribution in [0.15, 0.2) is 182 Å². The zero-order valence-corrected chi connectivity index (χ0v) is 48.8. The van der Waals surface area contributed by atoms with Gasteiger partial charge in [-0.05, 0) is 0 Å². The summed E-state index contributed by atoms with van der Waals surface area (Å²) in [5.41, 5.74) is 0. The third kappa shape index (κ3) is 24.3. The number of rotatable bonds is 12. The van der Waals surface area contributed by atoms with Gasteiger partial charge in [-0.3, -0.25) is 0 Å². The van der Waals surface area contributed by atoms with E-state index in [1.807, 2.05) is 0 Å². The first kappa shape index (κ1) is 53.2. The summed E-state index contributed by atoms with van der Waals surface area (Å²) < 4.78 is 15.0. The van der Waals surface area contributed by atoms with E-state index in [4.69, 9.17) is 0 Å². The molecule has 308 valence electrons. The molecule has 0 nitrogen and oxygen atoms in total. The van der Waals surface area contributed by atoms with Gasteiger partial charge in [-0.25, -0.2) is 0 Å². The van der Waals surface area contributed by atoms with Crippen LogP contribution in [0.5, 0.6) is 0 Å². The SMILES string of the molecule is C[CH](C)[Ge]([CH](C)C)[CH](C)C.C[CH](C)[Ge]([CH](C)C)[CH](C)C.c1cc[c]([Ge][c]2ccccc2)cc1.c1cc[c]([Ge][c]2ccccc2)cc1.c1cc[c]([Ge][c]2ccccc2)cc1. The van der Waals surface area contributed by atoms with E-state index in [1.54, 1.807) is 0 Å². The molecule has 0 heterocycles. The van der Waals surface area contributed by atoms with Gasteiger partial charge < -0.3 is 0 Å². The zero-order chi connectivity index (χ0) is 43.4. The van der Waals surface area contributed by atoms with Gasteiger partial charge in [-0.2, -0.15) is 0 Å². The van der Waals surface area contributed by atoms with Crippen LogP contribution in [-0.2, 0) is 0 Å². The summed E-state index contributed by atoms with van der Waals surface area (Å²) in [6, 6.07) is 64.4. The third-order valence-electron chi connectivity index (χ3n) is 9.51. The van der Waals surface area contributed by atoms with E-state index in [2.05, 4.69) is 265 Å². The summed E-state index contributed by atoms with van der Waals surface area (Å²) in [5, 5.41) is 0. The molecule has 0 fully saturated rings. The molecule has 0 unspecified atom stereocenters. The van der Waals surface area contributed by atoms with Gasteiger partial charge in [0.2, 0.25) is 0 Å². The van der Waals surface area contributed by atoms with Gasteiger partial charge in [0.25, 0.3) is 0 Å². The second-order valence-electron chi connectivity index (χ2n) is 16.5. The van der Waals surface area contributed by atoms with E-state index in [0.29, 0.717) is 0 Å². The molecule has 0 aromatic heterocycles. The molecule has 0 spiro atoms. The summed E-state index contributed by atoms with van der Waals surface area (Å²) in [7, 11) is 0. The Kier molecular flexibility index (Phi) is 28.7. The van der Waals surface area contributed by atoms with Crippen molar-refractivity contribution in [2.24, 2.45) is 0 Å². The van der Waals surface area contributed by atoms with Crippen LogP contribution in [0.3, 0.4) is 0 Å². The van der Waals surface area contributed by atoms with Crippen LogP contribution in [-0.4, -0.2) is 75.0 Å². The quantitative estimate of drug-likeness (QED) is 0.107. The van der Waals surface area contributed by atoms with E-state index >= 15 is 0 Å². The van der Waals surface area contributed by atoms with Crippen LogP contribution >= 0.6 is 0 Å². The van der Waals surface area contributed by atoms with E-state index in [-0.39, 0.29) is 46.3 Å². The van der Waals surface area contributed by atoms with E-state index in [9.17, 15) is 0 Å². The van der Waals surface area contributed by atoms with Gasteiger partial charge >= 0.3 is 395 Å². The van der Waals surface area contributed by atoms with E-state index in [0.717, 1.165) is 28.5 Å². The second-order valence-corrected chi connectivity index (χ2v) is 44.1. The molecule has 0 bridgehead atoms. The van der Waals surface area contributed by atoms with Crippen molar-refractivity contribution >= 4 is 101 Å². The number of benzene rings is 6. The van der Waals surface area contributed by atoms with Gasteiger partial charge in [0.05, 0.1) is 0 Å². The van der Waals surface area contributed by atoms with Crippen LogP contribution in [0.2, 0.25) is 28.5 Å². The fourth-order valence-electron chi connectivity index (χ4n) is 7.63. The third-order valence-corrected chi connectivity index (χ3v) is 34.1. The van der Waals surface area contributed by atoms with Crippen molar-refractivity contribution in [3.05, 3.63) is 182 Å². The first-order valence-corrected chi connectivity index (χ1v) is 35.2. The normalized spacial score (nSPS) is 10.8. The molecule has 0 amide bonds. The van der Waals surface area contributed by atoms with Crippen molar-refractivity contribution < 1.29 is 0 Å². The van der Waals surface area contributed by atoms with E-state index < -0.39 is 28.7 Å². The first-order chi connectivity index (χ1) is 28.3. The zero-order valence-electron chi connectivity index (χ0n) is 38.3. The molecule has 6 aromatic carbocycles. The molecule has 0 aliphatic carbocycles. The van der Waals surface area contributed by atoms with Crippen LogP contribution in [0.25, 0.3) is 0 Å². The summed E-state index contributed by atoms with van der Waals surface area (Å²) in [4.78, 5) is 0. The first-order valence-electron chi connectivity index (χ1n) is 21.6. The second kappa shape index (κ2) is 31.8. The number of hydrogen-bond donors (Lipinski definition) is 0. The average Bonchev–Trinajstić information content (AvgIpc) is 3.20. The van der Waals surface area contributed by atoms with Gasteiger partial charge in [0.1, 0.15) is 0 Å². The van der Waals surface area contributed by atoms with E-state index in [1.165, 1.54) is 26.4 Å². The Morgan fingerprint density at radius 2 is 0.339 bits per heavy atom. The monoisotopic (exact) mass is 1090 g/mol. The predicted octanol–water partition coefficient (Wildman–Crippen LogP) is 11.4. The minimum atomic E-state index is -0.722. The maximum atomic E-state index is 2.40. The molecule has 5 heteroatoms. The van der Waals surface area contributed by atoms with Crippen LogP contribution < -0.4 is 26.4 Å². The molecular formula is C54H72Ge5. The Morgan fingerprint density at radius 3 is 0.424 bits per heavy atom. The Balaban J connectivity index is 0.000000256. The van der Waals surface area contributed by atoms with Crippen molar-refractivity contribution in [3.8, 4) is 0 Å². The fourth-order valence-corrected chi connectivity index (χ4v) is 31.0. The summed E-state index contributed by atoms with van der Waals surface area (Å²) in [6.45, 7) is 28.8. The summed E-state index contributed by atoms with van der Waals surface area (Å²) in [6.07, 6.45) is 0. The van der Waals surface area contributed by atoms with Crippen LogP contribution in [0.4, 0.5) is 0 Å².